The molecule has 4 nitrogen and oxygen atoms in total. The lowest BCUT2D eigenvalue weighted by Crippen LogP contribution is -2.36. The minimum absolute atomic E-state index is 0.0792. The van der Waals surface area contributed by atoms with Crippen LogP contribution in [-0.4, -0.2) is 30.2 Å². The largest absolute Gasteiger partial charge is 0.396 e. The van der Waals surface area contributed by atoms with Gasteiger partial charge in [0.05, 0.1) is 6.54 Å². The van der Waals surface area contributed by atoms with E-state index in [1.54, 1.807) is 0 Å². The number of hydrogen-bond donors (Lipinski definition) is 3. The van der Waals surface area contributed by atoms with Gasteiger partial charge < -0.3 is 15.7 Å². The highest BCUT2D eigenvalue weighted by Crippen LogP contribution is 2.15. The standard InChI is InChI=1S/C13H19BrN2O2/c1-2-11(6-7-17)15-9-13(18)16-12-5-3-4-10(14)8-12/h3-5,8,11,15,17H,2,6-7,9H2,1H3,(H,16,18). The summed E-state index contributed by atoms with van der Waals surface area (Å²) >= 11 is 3.35. The van der Waals surface area contributed by atoms with Gasteiger partial charge in [0.25, 0.3) is 0 Å². The molecule has 1 atom stereocenters. The molecule has 0 radical (unpaired) electrons. The summed E-state index contributed by atoms with van der Waals surface area (Å²) in [6.07, 6.45) is 1.56. The molecule has 0 fully saturated rings. The van der Waals surface area contributed by atoms with E-state index in [2.05, 4.69) is 26.6 Å². The average molecular weight is 315 g/mol. The molecule has 0 bridgehead atoms. The Labute approximate surface area is 116 Å². The summed E-state index contributed by atoms with van der Waals surface area (Å²) in [5, 5.41) is 14.8. The third-order valence-electron chi connectivity index (χ3n) is 2.63. The maximum Gasteiger partial charge on any atom is 0.238 e. The van der Waals surface area contributed by atoms with Crippen LogP contribution >= 0.6 is 15.9 Å². The quantitative estimate of drug-likeness (QED) is 0.722. The number of amides is 1. The van der Waals surface area contributed by atoms with Crippen LogP contribution in [0.25, 0.3) is 0 Å². The van der Waals surface area contributed by atoms with Gasteiger partial charge in [-0.3, -0.25) is 4.79 Å². The zero-order chi connectivity index (χ0) is 13.4. The molecular weight excluding hydrogens is 296 g/mol. The lowest BCUT2D eigenvalue weighted by atomic mass is 10.1. The Hall–Kier alpha value is -0.910. The highest BCUT2D eigenvalue weighted by atomic mass is 79.9. The first-order valence-corrected chi connectivity index (χ1v) is 6.84. The SMILES string of the molecule is CCC(CCO)NCC(=O)Nc1cccc(Br)c1. The summed E-state index contributed by atoms with van der Waals surface area (Å²) in [4.78, 5) is 11.7. The van der Waals surface area contributed by atoms with E-state index >= 15 is 0 Å². The molecule has 0 heterocycles. The summed E-state index contributed by atoms with van der Waals surface area (Å²) in [6.45, 7) is 2.42. The van der Waals surface area contributed by atoms with E-state index in [0.717, 1.165) is 16.6 Å². The number of carbonyl (C=O) groups is 1. The van der Waals surface area contributed by atoms with Crippen molar-refractivity contribution in [1.82, 2.24) is 5.32 Å². The van der Waals surface area contributed by atoms with Crippen LogP contribution in [0.1, 0.15) is 19.8 Å². The molecule has 0 saturated heterocycles. The molecule has 0 aliphatic rings. The van der Waals surface area contributed by atoms with E-state index in [1.807, 2.05) is 31.2 Å². The third-order valence-corrected chi connectivity index (χ3v) is 3.12. The molecule has 1 unspecified atom stereocenters. The van der Waals surface area contributed by atoms with Crippen molar-refractivity contribution in [2.24, 2.45) is 0 Å². The van der Waals surface area contributed by atoms with E-state index < -0.39 is 0 Å². The van der Waals surface area contributed by atoms with Gasteiger partial charge in [0.1, 0.15) is 0 Å². The minimum Gasteiger partial charge on any atom is -0.396 e. The average Bonchev–Trinajstić information content (AvgIpc) is 2.34. The van der Waals surface area contributed by atoms with Gasteiger partial charge in [-0.05, 0) is 31.0 Å². The zero-order valence-electron chi connectivity index (χ0n) is 10.4. The molecule has 18 heavy (non-hydrogen) atoms. The summed E-state index contributed by atoms with van der Waals surface area (Å²) in [7, 11) is 0. The van der Waals surface area contributed by atoms with Crippen LogP contribution in [0.15, 0.2) is 28.7 Å². The second-order valence-corrected chi connectivity index (χ2v) is 4.97. The van der Waals surface area contributed by atoms with Crippen molar-refractivity contribution in [3.05, 3.63) is 28.7 Å². The van der Waals surface area contributed by atoms with Crippen LogP contribution < -0.4 is 10.6 Å². The number of nitrogens with one attached hydrogen (secondary N) is 2. The van der Waals surface area contributed by atoms with E-state index in [4.69, 9.17) is 5.11 Å². The molecule has 100 valence electrons. The van der Waals surface area contributed by atoms with Crippen LogP contribution in [-0.2, 0) is 4.79 Å². The van der Waals surface area contributed by atoms with Crippen molar-refractivity contribution in [2.45, 2.75) is 25.8 Å². The summed E-state index contributed by atoms with van der Waals surface area (Å²) in [5.74, 6) is -0.0792. The molecule has 0 spiro atoms. The van der Waals surface area contributed by atoms with Crippen LogP contribution in [0, 0.1) is 0 Å². The summed E-state index contributed by atoms with van der Waals surface area (Å²) in [6, 6.07) is 7.65. The molecule has 0 aromatic heterocycles. The normalized spacial score (nSPS) is 12.2. The molecule has 1 amide bonds. The third kappa shape index (κ3) is 5.62. The molecule has 1 aromatic rings. The van der Waals surface area contributed by atoms with Gasteiger partial charge in [-0.15, -0.1) is 0 Å². The van der Waals surface area contributed by atoms with E-state index in [9.17, 15) is 4.79 Å². The number of benzene rings is 1. The maximum absolute atomic E-state index is 11.7. The van der Waals surface area contributed by atoms with Gasteiger partial charge in [0.15, 0.2) is 0 Å². The predicted molar refractivity (Wildman–Crippen MR) is 76.6 cm³/mol. The maximum atomic E-state index is 11.7. The molecule has 1 aromatic carbocycles. The van der Waals surface area contributed by atoms with Gasteiger partial charge >= 0.3 is 0 Å². The lowest BCUT2D eigenvalue weighted by Gasteiger charge is -2.15. The highest BCUT2D eigenvalue weighted by molar-refractivity contribution is 9.10. The number of halogens is 1. The van der Waals surface area contributed by atoms with Gasteiger partial charge in [-0.1, -0.05) is 28.9 Å². The first kappa shape index (κ1) is 15.1. The van der Waals surface area contributed by atoms with Crippen molar-refractivity contribution in [3.63, 3.8) is 0 Å². The van der Waals surface area contributed by atoms with Crippen molar-refractivity contribution in [1.29, 1.82) is 0 Å². The van der Waals surface area contributed by atoms with Gasteiger partial charge in [-0.2, -0.15) is 0 Å². The molecule has 0 aliphatic heterocycles. The highest BCUT2D eigenvalue weighted by Gasteiger charge is 2.08. The fourth-order valence-electron chi connectivity index (χ4n) is 1.61. The number of aliphatic hydroxyl groups is 1. The Balaban J connectivity index is 2.37. The van der Waals surface area contributed by atoms with Gasteiger partial charge in [-0.25, -0.2) is 0 Å². The number of rotatable bonds is 7. The Morgan fingerprint density at radius 3 is 2.89 bits per heavy atom. The van der Waals surface area contributed by atoms with E-state index in [-0.39, 0.29) is 25.1 Å². The molecular formula is C13H19BrN2O2. The number of carbonyl (C=O) groups excluding carboxylic acids is 1. The second kappa shape index (κ2) is 8.24. The van der Waals surface area contributed by atoms with Crippen molar-refractivity contribution in [3.8, 4) is 0 Å². The van der Waals surface area contributed by atoms with Crippen molar-refractivity contribution in [2.75, 3.05) is 18.5 Å². The number of aliphatic hydroxyl groups excluding tert-OH is 1. The predicted octanol–water partition coefficient (Wildman–Crippen LogP) is 2.14. The molecule has 1 rings (SSSR count). The smallest absolute Gasteiger partial charge is 0.238 e. The van der Waals surface area contributed by atoms with Crippen LogP contribution in [0.3, 0.4) is 0 Å². The van der Waals surface area contributed by atoms with Crippen LogP contribution in [0.4, 0.5) is 5.69 Å². The number of hydrogen-bond acceptors (Lipinski definition) is 3. The molecule has 3 N–H and O–H groups in total. The lowest BCUT2D eigenvalue weighted by molar-refractivity contribution is -0.115. The first-order valence-electron chi connectivity index (χ1n) is 6.05. The van der Waals surface area contributed by atoms with E-state index in [0.29, 0.717) is 6.42 Å². The summed E-state index contributed by atoms with van der Waals surface area (Å²) in [5.41, 5.74) is 0.770. The van der Waals surface area contributed by atoms with Crippen molar-refractivity contribution < 1.29 is 9.90 Å². The second-order valence-electron chi connectivity index (χ2n) is 4.06. The molecule has 0 saturated carbocycles. The van der Waals surface area contributed by atoms with Gasteiger partial charge in [0, 0.05) is 22.8 Å². The molecule has 5 heteroatoms. The summed E-state index contributed by atoms with van der Waals surface area (Å²) < 4.78 is 0.931. The number of anilines is 1. The fraction of sp³-hybridized carbons (Fsp3) is 0.462. The fourth-order valence-corrected chi connectivity index (χ4v) is 2.01. The topological polar surface area (TPSA) is 61.4 Å². The van der Waals surface area contributed by atoms with Crippen LogP contribution in [0.5, 0.6) is 0 Å². The zero-order valence-corrected chi connectivity index (χ0v) is 12.0. The monoisotopic (exact) mass is 314 g/mol. The molecule has 0 aliphatic carbocycles. The van der Waals surface area contributed by atoms with Crippen LogP contribution in [0.2, 0.25) is 0 Å². The Kier molecular flexibility index (Phi) is 6.93. The van der Waals surface area contributed by atoms with Gasteiger partial charge in [0.2, 0.25) is 5.91 Å². The Morgan fingerprint density at radius 1 is 1.50 bits per heavy atom. The first-order chi connectivity index (χ1) is 8.65. The minimum atomic E-state index is -0.0792. The Morgan fingerprint density at radius 2 is 2.28 bits per heavy atom. The Bertz CT molecular complexity index is 385. The van der Waals surface area contributed by atoms with E-state index in [1.165, 1.54) is 0 Å². The van der Waals surface area contributed by atoms with Crippen molar-refractivity contribution >= 4 is 27.5 Å².